The maximum absolute atomic E-state index is 13.6. The van der Waals surface area contributed by atoms with Crippen LogP contribution in [0.3, 0.4) is 0 Å². The number of hydrogen-bond donors (Lipinski definition) is 2. The van der Waals surface area contributed by atoms with Crippen LogP contribution in [-0.2, 0) is 19.2 Å². The molecule has 1 aromatic carbocycles. The highest BCUT2D eigenvalue weighted by molar-refractivity contribution is 6.04. The summed E-state index contributed by atoms with van der Waals surface area (Å²) in [5.74, 6) is -3.38. The number of nitrogens with zero attached hydrogens (tertiary/aromatic N) is 1. The van der Waals surface area contributed by atoms with Crippen molar-refractivity contribution in [3.05, 3.63) is 41.5 Å². The van der Waals surface area contributed by atoms with E-state index in [0.717, 1.165) is 31.1 Å². The third-order valence-electron chi connectivity index (χ3n) is 5.98. The number of rotatable bonds is 5. The topological polar surface area (TPSA) is 95.6 Å². The highest BCUT2D eigenvalue weighted by atomic mass is 19.1. The summed E-state index contributed by atoms with van der Waals surface area (Å²) < 4.78 is 27.2. The second-order valence-electron chi connectivity index (χ2n) is 8.35. The standard InChI is InChI=1S/C21H21F2N3O4/c22-15-2-1-3-16(23)14(15)4-5-19(29)26-10-21(11-26)8-13(9-21)24-17(27)6-12-7-18(28)25-20(12)30/h1-5,12-13H,6-11H2,(H,24,27)(H,25,28,30)/b5-4+. The second kappa shape index (κ2) is 7.62. The van der Waals surface area contributed by atoms with E-state index in [0.29, 0.717) is 13.1 Å². The molecule has 0 radical (unpaired) electrons. The van der Waals surface area contributed by atoms with E-state index in [9.17, 15) is 28.0 Å². The summed E-state index contributed by atoms with van der Waals surface area (Å²) in [5, 5.41) is 5.06. The molecule has 1 atom stereocenters. The minimum absolute atomic E-state index is 0.0108. The first kappa shape index (κ1) is 20.2. The van der Waals surface area contributed by atoms with E-state index in [-0.39, 0.29) is 47.6 Å². The van der Waals surface area contributed by atoms with Crippen LogP contribution in [0.5, 0.6) is 0 Å². The number of hydrogen-bond acceptors (Lipinski definition) is 4. The van der Waals surface area contributed by atoms with E-state index in [1.807, 2.05) is 0 Å². The van der Waals surface area contributed by atoms with E-state index < -0.39 is 23.5 Å². The average Bonchev–Trinajstić information content (AvgIpc) is 2.92. The van der Waals surface area contributed by atoms with Crippen LogP contribution in [0.4, 0.5) is 8.78 Å². The van der Waals surface area contributed by atoms with Crippen LogP contribution in [0, 0.1) is 23.0 Å². The van der Waals surface area contributed by atoms with Gasteiger partial charge < -0.3 is 10.2 Å². The molecule has 2 aliphatic heterocycles. The van der Waals surface area contributed by atoms with Crippen molar-refractivity contribution in [2.75, 3.05) is 13.1 Å². The first-order chi connectivity index (χ1) is 14.2. The number of halogens is 2. The number of carbonyl (C=O) groups excluding carboxylic acids is 4. The monoisotopic (exact) mass is 417 g/mol. The molecule has 7 nitrogen and oxygen atoms in total. The predicted molar refractivity (Wildman–Crippen MR) is 101 cm³/mol. The zero-order valence-electron chi connectivity index (χ0n) is 16.1. The van der Waals surface area contributed by atoms with Gasteiger partial charge in [-0.2, -0.15) is 0 Å². The average molecular weight is 417 g/mol. The van der Waals surface area contributed by atoms with Crippen molar-refractivity contribution < 1.29 is 28.0 Å². The van der Waals surface area contributed by atoms with Gasteiger partial charge in [0.05, 0.1) is 5.92 Å². The molecule has 4 rings (SSSR count). The Labute approximate surface area is 171 Å². The zero-order chi connectivity index (χ0) is 21.5. The van der Waals surface area contributed by atoms with Gasteiger partial charge in [-0.15, -0.1) is 0 Å². The lowest BCUT2D eigenvalue weighted by Gasteiger charge is -2.58. The van der Waals surface area contributed by atoms with Gasteiger partial charge in [0.15, 0.2) is 0 Å². The molecule has 3 fully saturated rings. The summed E-state index contributed by atoms with van der Waals surface area (Å²) in [6.07, 6.45) is 3.80. The molecule has 0 aromatic heterocycles. The first-order valence-electron chi connectivity index (χ1n) is 9.79. The van der Waals surface area contributed by atoms with E-state index in [1.165, 1.54) is 12.1 Å². The Bertz CT molecular complexity index is 927. The number of nitrogens with one attached hydrogen (secondary N) is 2. The zero-order valence-corrected chi connectivity index (χ0v) is 16.1. The molecule has 0 bridgehead atoms. The molecule has 1 spiro atoms. The molecule has 2 heterocycles. The molecule has 1 saturated carbocycles. The lowest BCUT2D eigenvalue weighted by Crippen LogP contribution is -2.67. The Morgan fingerprint density at radius 3 is 2.47 bits per heavy atom. The number of carbonyl (C=O) groups is 4. The van der Waals surface area contributed by atoms with Crippen LogP contribution < -0.4 is 10.6 Å². The fourth-order valence-electron chi connectivity index (χ4n) is 4.48. The Morgan fingerprint density at radius 1 is 1.20 bits per heavy atom. The van der Waals surface area contributed by atoms with Crippen molar-refractivity contribution >= 4 is 29.7 Å². The van der Waals surface area contributed by atoms with Crippen LogP contribution >= 0.6 is 0 Å². The summed E-state index contributed by atoms with van der Waals surface area (Å²) in [7, 11) is 0. The summed E-state index contributed by atoms with van der Waals surface area (Å²) in [6, 6.07) is 3.51. The van der Waals surface area contributed by atoms with Crippen LogP contribution in [0.1, 0.15) is 31.2 Å². The second-order valence-corrected chi connectivity index (χ2v) is 8.35. The molecular weight excluding hydrogens is 396 g/mol. The Morgan fingerprint density at radius 2 is 1.87 bits per heavy atom. The van der Waals surface area contributed by atoms with E-state index in [4.69, 9.17) is 0 Å². The molecule has 1 aliphatic carbocycles. The van der Waals surface area contributed by atoms with Gasteiger partial charge in [-0.3, -0.25) is 24.5 Å². The first-order valence-corrected chi connectivity index (χ1v) is 9.79. The highest BCUT2D eigenvalue weighted by Crippen LogP contribution is 2.48. The Balaban J connectivity index is 1.20. The highest BCUT2D eigenvalue weighted by Gasteiger charge is 2.53. The maximum Gasteiger partial charge on any atom is 0.246 e. The van der Waals surface area contributed by atoms with Gasteiger partial charge in [-0.1, -0.05) is 6.07 Å². The van der Waals surface area contributed by atoms with E-state index in [2.05, 4.69) is 10.6 Å². The van der Waals surface area contributed by atoms with E-state index >= 15 is 0 Å². The molecule has 2 N–H and O–H groups in total. The SMILES string of the molecule is O=C1CC(CC(=O)NC2CC3(C2)CN(C(=O)/C=C/c2c(F)cccc2F)C3)C(=O)N1. The van der Waals surface area contributed by atoms with Crippen molar-refractivity contribution in [3.8, 4) is 0 Å². The quantitative estimate of drug-likeness (QED) is 0.555. The number of amides is 4. The van der Waals surface area contributed by atoms with E-state index in [1.54, 1.807) is 4.90 Å². The summed E-state index contributed by atoms with van der Waals surface area (Å²) in [5.41, 5.74) is -0.282. The van der Waals surface area contributed by atoms with Gasteiger partial charge >= 0.3 is 0 Å². The lowest BCUT2D eigenvalue weighted by molar-refractivity contribution is -0.148. The van der Waals surface area contributed by atoms with Crippen LogP contribution in [0.2, 0.25) is 0 Å². The van der Waals surface area contributed by atoms with Crippen molar-refractivity contribution in [1.29, 1.82) is 0 Å². The molecular formula is C21H21F2N3O4. The molecule has 2 saturated heterocycles. The fourth-order valence-corrected chi connectivity index (χ4v) is 4.48. The minimum atomic E-state index is -0.726. The third-order valence-corrected chi connectivity index (χ3v) is 5.98. The smallest absolute Gasteiger partial charge is 0.246 e. The molecule has 1 unspecified atom stereocenters. The number of imide groups is 1. The molecule has 9 heteroatoms. The molecule has 4 amide bonds. The van der Waals surface area contributed by atoms with Gasteiger partial charge in [0, 0.05) is 49.0 Å². The molecule has 1 aromatic rings. The van der Waals surface area contributed by atoms with Crippen molar-refractivity contribution in [2.45, 2.75) is 31.7 Å². The summed E-state index contributed by atoms with van der Waals surface area (Å²) in [4.78, 5) is 48.6. The van der Waals surface area contributed by atoms with Crippen molar-refractivity contribution in [1.82, 2.24) is 15.5 Å². The normalized spacial score (nSPS) is 22.7. The van der Waals surface area contributed by atoms with Gasteiger partial charge in [-0.25, -0.2) is 8.78 Å². The van der Waals surface area contributed by atoms with Gasteiger partial charge in [0.2, 0.25) is 23.6 Å². The minimum Gasteiger partial charge on any atom is -0.353 e. The predicted octanol–water partition coefficient (Wildman–Crippen LogP) is 1.14. The van der Waals surface area contributed by atoms with Crippen molar-refractivity contribution in [2.24, 2.45) is 11.3 Å². The van der Waals surface area contributed by atoms with Crippen LogP contribution in [0.15, 0.2) is 24.3 Å². The third kappa shape index (κ3) is 3.96. The van der Waals surface area contributed by atoms with Gasteiger partial charge in [0.1, 0.15) is 11.6 Å². The molecule has 3 aliphatic rings. The molecule has 30 heavy (non-hydrogen) atoms. The summed E-state index contributed by atoms with van der Waals surface area (Å²) >= 11 is 0. The van der Waals surface area contributed by atoms with Crippen LogP contribution in [-0.4, -0.2) is 47.7 Å². The fraction of sp³-hybridized carbons (Fsp3) is 0.429. The lowest BCUT2D eigenvalue weighted by atomic mass is 9.60. The van der Waals surface area contributed by atoms with Crippen LogP contribution in [0.25, 0.3) is 6.08 Å². The number of benzene rings is 1. The maximum atomic E-state index is 13.6. The largest absolute Gasteiger partial charge is 0.353 e. The molecule has 158 valence electrons. The van der Waals surface area contributed by atoms with Gasteiger partial charge in [0.25, 0.3) is 0 Å². The number of likely N-dealkylation sites (tertiary alicyclic amines) is 1. The van der Waals surface area contributed by atoms with Crippen molar-refractivity contribution in [3.63, 3.8) is 0 Å². The summed E-state index contributed by atoms with van der Waals surface area (Å²) in [6.45, 7) is 1.06. The Kier molecular flexibility index (Phi) is 5.13. The van der Waals surface area contributed by atoms with Gasteiger partial charge in [-0.05, 0) is 31.1 Å². The Hall–Kier alpha value is -3.10.